The number of pyridine rings is 1. The number of carbonyl (C=O) groups excluding carboxylic acids is 1. The van der Waals surface area contributed by atoms with Crippen LogP contribution in [0.15, 0.2) is 66.9 Å². The van der Waals surface area contributed by atoms with Gasteiger partial charge in [-0.1, -0.05) is 42.5 Å². The Balaban J connectivity index is 1.49. The highest BCUT2D eigenvalue weighted by Crippen LogP contribution is 2.30. The van der Waals surface area contributed by atoms with Crippen molar-refractivity contribution in [2.24, 2.45) is 0 Å². The van der Waals surface area contributed by atoms with Crippen LogP contribution in [0.1, 0.15) is 22.8 Å². The van der Waals surface area contributed by atoms with Gasteiger partial charge in [-0.2, -0.15) is 0 Å². The smallest absolute Gasteiger partial charge is 0.253 e. The molecule has 0 radical (unpaired) electrons. The van der Waals surface area contributed by atoms with Crippen LogP contribution in [0, 0.1) is 0 Å². The molecule has 1 amide bonds. The van der Waals surface area contributed by atoms with Gasteiger partial charge in [-0.05, 0) is 46.8 Å². The number of rotatable bonds is 5. The number of nitrogen functional groups attached to an aromatic ring is 1. The molecule has 0 atom stereocenters. The number of hydrogen-bond donors (Lipinski definition) is 3. The van der Waals surface area contributed by atoms with E-state index in [0.717, 1.165) is 50.4 Å². The van der Waals surface area contributed by atoms with Crippen molar-refractivity contribution in [3.63, 3.8) is 0 Å². The molecule has 0 fully saturated rings. The SMILES string of the molecule is CCn1cc(C(=O)NCc2ccc3c(NC)nc(N)cc3c2)c2c3ccccc3ccc21. The van der Waals surface area contributed by atoms with Crippen LogP contribution in [0.4, 0.5) is 11.6 Å². The summed E-state index contributed by atoms with van der Waals surface area (Å²) in [6, 6.07) is 20.3. The van der Waals surface area contributed by atoms with E-state index in [0.29, 0.717) is 17.9 Å². The fourth-order valence-electron chi connectivity index (χ4n) is 4.41. The van der Waals surface area contributed by atoms with E-state index in [-0.39, 0.29) is 5.91 Å². The minimum absolute atomic E-state index is 0.0798. The number of nitrogens with one attached hydrogen (secondary N) is 2. The molecule has 0 aliphatic carbocycles. The Bertz CT molecular complexity index is 1480. The molecule has 5 rings (SSSR count). The van der Waals surface area contributed by atoms with E-state index in [1.165, 1.54) is 0 Å². The average Bonchev–Trinajstić information content (AvgIpc) is 3.21. The monoisotopic (exact) mass is 423 g/mol. The molecule has 0 saturated carbocycles. The molecule has 6 nitrogen and oxygen atoms in total. The molecule has 2 heterocycles. The van der Waals surface area contributed by atoms with Gasteiger partial charge < -0.3 is 20.9 Å². The van der Waals surface area contributed by atoms with Crippen LogP contribution in [-0.2, 0) is 13.1 Å². The molecule has 0 aliphatic heterocycles. The van der Waals surface area contributed by atoms with Crippen LogP contribution in [0.25, 0.3) is 32.4 Å². The summed E-state index contributed by atoms with van der Waals surface area (Å²) in [7, 11) is 1.83. The molecule has 0 bridgehead atoms. The second kappa shape index (κ2) is 7.89. The van der Waals surface area contributed by atoms with Gasteiger partial charge in [0.1, 0.15) is 11.6 Å². The van der Waals surface area contributed by atoms with Crippen molar-refractivity contribution in [2.45, 2.75) is 20.0 Å². The summed E-state index contributed by atoms with van der Waals surface area (Å²) in [6.45, 7) is 3.32. The molecule has 3 aromatic carbocycles. The molecule has 0 unspecified atom stereocenters. The van der Waals surface area contributed by atoms with Crippen molar-refractivity contribution in [2.75, 3.05) is 18.1 Å². The van der Waals surface area contributed by atoms with Gasteiger partial charge in [-0.25, -0.2) is 4.98 Å². The first kappa shape index (κ1) is 19.9. The number of aryl methyl sites for hydroxylation is 1. The van der Waals surface area contributed by atoms with E-state index in [2.05, 4.69) is 51.4 Å². The van der Waals surface area contributed by atoms with Crippen LogP contribution in [0.2, 0.25) is 0 Å². The summed E-state index contributed by atoms with van der Waals surface area (Å²) in [4.78, 5) is 17.6. The van der Waals surface area contributed by atoms with E-state index in [1.54, 1.807) is 0 Å². The fourth-order valence-corrected chi connectivity index (χ4v) is 4.41. The lowest BCUT2D eigenvalue weighted by Crippen LogP contribution is -2.22. The molecule has 2 aromatic heterocycles. The van der Waals surface area contributed by atoms with Crippen LogP contribution < -0.4 is 16.4 Å². The topological polar surface area (TPSA) is 85.0 Å². The van der Waals surface area contributed by atoms with Crippen molar-refractivity contribution in [3.05, 3.63) is 78.0 Å². The first-order valence-corrected chi connectivity index (χ1v) is 10.7. The Morgan fingerprint density at radius 3 is 2.69 bits per heavy atom. The lowest BCUT2D eigenvalue weighted by atomic mass is 10.0. The third kappa shape index (κ3) is 3.30. The van der Waals surface area contributed by atoms with Crippen molar-refractivity contribution >= 4 is 50.0 Å². The van der Waals surface area contributed by atoms with E-state index in [9.17, 15) is 4.79 Å². The van der Waals surface area contributed by atoms with Crippen LogP contribution in [0.3, 0.4) is 0 Å². The highest BCUT2D eigenvalue weighted by molar-refractivity contribution is 6.17. The molecule has 0 saturated heterocycles. The van der Waals surface area contributed by atoms with Gasteiger partial charge in [0.25, 0.3) is 5.91 Å². The Morgan fingerprint density at radius 2 is 1.88 bits per heavy atom. The lowest BCUT2D eigenvalue weighted by molar-refractivity contribution is 0.0952. The Labute approximate surface area is 186 Å². The zero-order valence-corrected chi connectivity index (χ0v) is 18.1. The number of benzene rings is 3. The minimum atomic E-state index is -0.0798. The maximum atomic E-state index is 13.3. The number of fused-ring (bicyclic) bond motifs is 4. The molecule has 6 heteroatoms. The second-order valence-electron chi connectivity index (χ2n) is 7.89. The maximum Gasteiger partial charge on any atom is 0.253 e. The number of hydrogen-bond acceptors (Lipinski definition) is 4. The van der Waals surface area contributed by atoms with Gasteiger partial charge in [-0.15, -0.1) is 0 Å². The molecule has 0 spiro atoms. The van der Waals surface area contributed by atoms with E-state index in [4.69, 9.17) is 5.73 Å². The molecule has 4 N–H and O–H groups in total. The first-order valence-electron chi connectivity index (χ1n) is 10.7. The highest BCUT2D eigenvalue weighted by Gasteiger charge is 2.17. The first-order chi connectivity index (χ1) is 15.6. The van der Waals surface area contributed by atoms with Crippen molar-refractivity contribution in [3.8, 4) is 0 Å². The molecule has 32 heavy (non-hydrogen) atoms. The molecule has 0 aliphatic rings. The second-order valence-corrected chi connectivity index (χ2v) is 7.89. The normalized spacial score (nSPS) is 11.3. The number of nitrogens with two attached hydrogens (primary N) is 1. The maximum absolute atomic E-state index is 13.3. The molecular weight excluding hydrogens is 398 g/mol. The number of aromatic nitrogens is 2. The van der Waals surface area contributed by atoms with Crippen molar-refractivity contribution in [1.82, 2.24) is 14.9 Å². The number of anilines is 2. The quantitative estimate of drug-likeness (QED) is 0.375. The summed E-state index contributed by atoms with van der Waals surface area (Å²) >= 11 is 0. The predicted octanol–water partition coefficient (Wildman–Crippen LogP) is 4.92. The van der Waals surface area contributed by atoms with Crippen molar-refractivity contribution < 1.29 is 4.79 Å². The van der Waals surface area contributed by atoms with Crippen molar-refractivity contribution in [1.29, 1.82) is 0 Å². The summed E-state index contributed by atoms with van der Waals surface area (Å²) < 4.78 is 2.13. The minimum Gasteiger partial charge on any atom is -0.384 e. The predicted molar refractivity (Wildman–Crippen MR) is 132 cm³/mol. The average molecular weight is 424 g/mol. The molecule has 5 aromatic rings. The Kier molecular flexibility index (Phi) is 4.90. The van der Waals surface area contributed by atoms with E-state index in [1.807, 2.05) is 49.6 Å². The number of amides is 1. The van der Waals surface area contributed by atoms with Gasteiger partial charge in [0, 0.05) is 42.6 Å². The summed E-state index contributed by atoms with van der Waals surface area (Å²) in [5.41, 5.74) is 8.71. The number of carbonyl (C=O) groups is 1. The van der Waals surface area contributed by atoms with E-state index >= 15 is 0 Å². The zero-order valence-electron chi connectivity index (χ0n) is 18.1. The van der Waals surface area contributed by atoms with Crippen LogP contribution >= 0.6 is 0 Å². The number of nitrogens with zero attached hydrogens (tertiary/aromatic N) is 2. The molecular formula is C26H25N5O. The van der Waals surface area contributed by atoms with Gasteiger partial charge >= 0.3 is 0 Å². The summed E-state index contributed by atoms with van der Waals surface area (Å²) in [5, 5.41) is 11.4. The van der Waals surface area contributed by atoms with Gasteiger partial charge in [-0.3, -0.25) is 4.79 Å². The fraction of sp³-hybridized carbons (Fsp3) is 0.154. The summed E-state index contributed by atoms with van der Waals surface area (Å²) in [5.74, 6) is 1.13. The van der Waals surface area contributed by atoms with E-state index < -0.39 is 0 Å². The zero-order chi connectivity index (χ0) is 22.2. The van der Waals surface area contributed by atoms with Crippen LogP contribution in [-0.4, -0.2) is 22.5 Å². The standard InChI is InChI=1S/C26H25N5O/c1-3-31-15-21(24-19-7-5-4-6-17(19)9-11-22(24)31)26(32)29-14-16-8-10-20-18(12-16)13-23(27)30-25(20)28-2/h4-13,15H,3,14H2,1-2H3,(H,29,32)(H3,27,28,30). The third-order valence-corrected chi connectivity index (χ3v) is 5.96. The van der Waals surface area contributed by atoms with Crippen LogP contribution in [0.5, 0.6) is 0 Å². The van der Waals surface area contributed by atoms with Gasteiger partial charge in [0.15, 0.2) is 0 Å². The summed E-state index contributed by atoms with van der Waals surface area (Å²) in [6.07, 6.45) is 1.96. The van der Waals surface area contributed by atoms with Gasteiger partial charge in [0.2, 0.25) is 0 Å². The largest absolute Gasteiger partial charge is 0.384 e. The highest BCUT2D eigenvalue weighted by atomic mass is 16.1. The lowest BCUT2D eigenvalue weighted by Gasteiger charge is -2.10. The Hall–Kier alpha value is -4.06. The van der Waals surface area contributed by atoms with Gasteiger partial charge in [0.05, 0.1) is 5.56 Å². The molecule has 160 valence electrons. The Morgan fingerprint density at radius 1 is 1.03 bits per heavy atom. The third-order valence-electron chi connectivity index (χ3n) is 5.96.